The molecule has 0 unspecified atom stereocenters. The molecule has 0 fully saturated rings. The number of hydrogen-bond acceptors (Lipinski definition) is 1. The summed E-state index contributed by atoms with van der Waals surface area (Å²) in [4.78, 5) is 13.9. The minimum atomic E-state index is -5.14. The molecule has 0 atom stereocenters. The topological polar surface area (TPSA) is 57.5 Å². The van der Waals surface area contributed by atoms with Gasteiger partial charge in [0.2, 0.25) is 0 Å². The molecular formula is H7AlCaFO3P. The minimum absolute atomic E-state index is 0. The fourth-order valence-electron chi connectivity index (χ4n) is 0. The summed E-state index contributed by atoms with van der Waals surface area (Å²) in [6.07, 6.45) is 0. The maximum Gasteiger partial charge on any atom is 2.00 e. The van der Waals surface area contributed by atoms with Crippen LogP contribution >= 0.6 is 7.91 Å². The van der Waals surface area contributed by atoms with Crippen molar-refractivity contribution in [1.82, 2.24) is 0 Å². The van der Waals surface area contributed by atoms with Gasteiger partial charge in [-0.3, -0.25) is 9.79 Å². The van der Waals surface area contributed by atoms with Crippen molar-refractivity contribution >= 4 is 63.0 Å². The molecule has 3 nitrogen and oxygen atoms in total. The zero-order valence-electron chi connectivity index (χ0n) is 4.83. The molecule has 0 aliphatic heterocycles. The summed E-state index contributed by atoms with van der Waals surface area (Å²) in [5, 5.41) is 0. The Morgan fingerprint density at radius 2 is 1.57 bits per heavy atom. The fourth-order valence-corrected chi connectivity index (χ4v) is 0. The average Bonchev–Trinajstić information content (AvgIpc) is 0.722. The standard InChI is InChI=1S/Al.Ca.FH2O3P.5H/c;;1-5(2,3)4;;;;;/h;;(H2,2,3,4);;;;;/q;+2;;;;;2*-1. The van der Waals surface area contributed by atoms with Crippen LogP contribution in [0.4, 0.5) is 4.20 Å². The third kappa shape index (κ3) is 77.4. The van der Waals surface area contributed by atoms with E-state index < -0.39 is 7.91 Å². The van der Waals surface area contributed by atoms with Gasteiger partial charge in [0.15, 0.2) is 17.4 Å². The Labute approximate surface area is 83.7 Å². The molecule has 7 heteroatoms. The van der Waals surface area contributed by atoms with E-state index in [-0.39, 0.29) is 58.0 Å². The smallest absolute Gasteiger partial charge is 1.00 e. The molecule has 0 bridgehead atoms. The van der Waals surface area contributed by atoms with Crippen LogP contribution in [-0.2, 0) is 4.57 Å². The third-order valence-electron chi connectivity index (χ3n) is 0. The Kier molecular flexibility index (Phi) is 13.7. The van der Waals surface area contributed by atoms with E-state index >= 15 is 0 Å². The zero-order valence-corrected chi connectivity index (χ0v) is 5.94. The number of rotatable bonds is 0. The van der Waals surface area contributed by atoms with E-state index in [0.29, 0.717) is 0 Å². The second-order valence-corrected chi connectivity index (χ2v) is 1.42. The van der Waals surface area contributed by atoms with Crippen molar-refractivity contribution in [1.29, 1.82) is 0 Å². The van der Waals surface area contributed by atoms with Crippen LogP contribution in [0.25, 0.3) is 0 Å². The molecule has 0 amide bonds. The molecule has 2 N–H and O–H groups in total. The summed E-state index contributed by atoms with van der Waals surface area (Å²) in [6, 6.07) is 0. The van der Waals surface area contributed by atoms with Gasteiger partial charge in [-0.15, -0.1) is 4.20 Å². The van der Waals surface area contributed by atoms with Crippen molar-refractivity contribution < 1.29 is 21.4 Å². The molecule has 0 aromatic heterocycles. The normalized spacial score (nSPS) is 8.43. The van der Waals surface area contributed by atoms with Crippen LogP contribution < -0.4 is 0 Å². The van der Waals surface area contributed by atoms with Gasteiger partial charge in [0, 0.05) is 0 Å². The van der Waals surface area contributed by atoms with Crippen LogP contribution in [0.1, 0.15) is 2.85 Å². The number of halogens is 1. The molecule has 0 spiro atoms. The minimum Gasteiger partial charge on any atom is -1.00 e. The maximum absolute atomic E-state index is 10.4. The Hall–Kier alpha value is 1.87. The number of hydrogen-bond donors (Lipinski definition) is 2. The molecule has 0 aliphatic rings. The molecule has 0 aromatic carbocycles. The van der Waals surface area contributed by atoms with Crippen LogP contribution in [0.3, 0.4) is 0 Å². The molecule has 0 heterocycles. The molecule has 0 rings (SSSR count). The monoisotopic (exact) mass is 172 g/mol. The molecule has 7 heavy (non-hydrogen) atoms. The Bertz CT molecular complexity index is 67.9. The summed E-state index contributed by atoms with van der Waals surface area (Å²) >= 11 is 0. The van der Waals surface area contributed by atoms with Gasteiger partial charge in [-0.05, 0) is 0 Å². The van der Waals surface area contributed by atoms with Gasteiger partial charge in [-0.1, -0.05) is 0 Å². The second-order valence-electron chi connectivity index (χ2n) is 0.473. The average molecular weight is 172 g/mol. The second kappa shape index (κ2) is 6.00. The molecule has 0 aromatic rings. The predicted octanol–water partition coefficient (Wildman–Crippen LogP) is -1.29. The molecule has 0 radical (unpaired) electrons. The predicted molar refractivity (Wildman–Crippen MR) is 31.1 cm³/mol. The van der Waals surface area contributed by atoms with Crippen LogP contribution in [0.2, 0.25) is 0 Å². The third-order valence-corrected chi connectivity index (χ3v) is 0. The Morgan fingerprint density at radius 3 is 1.57 bits per heavy atom. The summed E-state index contributed by atoms with van der Waals surface area (Å²) in [7, 11) is -5.14. The fraction of sp³-hybridized carbons (Fsp3) is 0. The Morgan fingerprint density at radius 1 is 1.57 bits per heavy atom. The van der Waals surface area contributed by atoms with Gasteiger partial charge in [0.05, 0.1) is 0 Å². The van der Waals surface area contributed by atoms with Crippen molar-refractivity contribution in [3.05, 3.63) is 0 Å². The van der Waals surface area contributed by atoms with Crippen molar-refractivity contribution in [3.63, 3.8) is 0 Å². The van der Waals surface area contributed by atoms with Gasteiger partial charge >= 0.3 is 45.6 Å². The van der Waals surface area contributed by atoms with Gasteiger partial charge in [0.25, 0.3) is 0 Å². The zero-order chi connectivity index (χ0) is 4.50. The molecule has 42 valence electrons. The first-order valence-corrected chi connectivity index (χ1v) is 2.25. The van der Waals surface area contributed by atoms with E-state index in [1.54, 1.807) is 0 Å². The molecule has 0 aliphatic carbocycles. The van der Waals surface area contributed by atoms with Gasteiger partial charge in [-0.25, -0.2) is 4.57 Å². The first-order chi connectivity index (χ1) is 2.00. The van der Waals surface area contributed by atoms with Crippen molar-refractivity contribution in [2.75, 3.05) is 0 Å². The van der Waals surface area contributed by atoms with Crippen molar-refractivity contribution in [2.24, 2.45) is 0 Å². The van der Waals surface area contributed by atoms with Gasteiger partial charge in [0.1, 0.15) is 0 Å². The summed E-state index contributed by atoms with van der Waals surface area (Å²) < 4.78 is 19.0. The maximum atomic E-state index is 10.4. The first-order valence-electron chi connectivity index (χ1n) is 0.752. The van der Waals surface area contributed by atoms with E-state index in [9.17, 15) is 4.20 Å². The molecular weight excluding hydrogens is 165 g/mol. The van der Waals surface area contributed by atoms with E-state index in [1.807, 2.05) is 0 Å². The quantitative estimate of drug-likeness (QED) is 0.353. The van der Waals surface area contributed by atoms with Crippen LogP contribution in [0.5, 0.6) is 0 Å². The first kappa shape index (κ1) is 15.9. The van der Waals surface area contributed by atoms with Crippen LogP contribution in [0, 0.1) is 0 Å². The molecule has 0 saturated carbocycles. The van der Waals surface area contributed by atoms with E-state index in [1.165, 1.54) is 0 Å². The molecule has 0 saturated heterocycles. The van der Waals surface area contributed by atoms with Crippen molar-refractivity contribution in [2.45, 2.75) is 0 Å². The van der Waals surface area contributed by atoms with Crippen molar-refractivity contribution in [3.8, 4) is 0 Å². The largest absolute Gasteiger partial charge is 2.00 e. The van der Waals surface area contributed by atoms with E-state index in [2.05, 4.69) is 0 Å². The summed E-state index contributed by atoms with van der Waals surface area (Å²) in [6.45, 7) is 0. The SMILES string of the molecule is O=P(O)(O)F.[AlH3].[Ca+2].[H-].[H-]. The van der Waals surface area contributed by atoms with Gasteiger partial charge in [-0.2, -0.15) is 0 Å². The summed E-state index contributed by atoms with van der Waals surface area (Å²) in [5.41, 5.74) is 0. The Balaban J connectivity index is -0.0000000133. The van der Waals surface area contributed by atoms with E-state index in [0.717, 1.165) is 0 Å². The van der Waals surface area contributed by atoms with Crippen LogP contribution in [-0.4, -0.2) is 64.9 Å². The van der Waals surface area contributed by atoms with Crippen LogP contribution in [0.15, 0.2) is 0 Å². The summed E-state index contributed by atoms with van der Waals surface area (Å²) in [5.74, 6) is 0. The van der Waals surface area contributed by atoms with Gasteiger partial charge < -0.3 is 2.85 Å². The van der Waals surface area contributed by atoms with E-state index in [4.69, 9.17) is 14.4 Å².